The average Bonchev–Trinajstić information content (AvgIpc) is 2.15. The van der Waals surface area contributed by atoms with Gasteiger partial charge in [0, 0.05) is 0 Å². The van der Waals surface area contributed by atoms with Gasteiger partial charge in [0.05, 0.1) is 0 Å². The predicted molar refractivity (Wildman–Crippen MR) is 48.7 cm³/mol. The van der Waals surface area contributed by atoms with E-state index in [4.69, 9.17) is 5.26 Å². The van der Waals surface area contributed by atoms with Crippen LogP contribution in [-0.4, -0.2) is 0 Å². The molecule has 0 heterocycles. The van der Waals surface area contributed by atoms with Gasteiger partial charge in [0.1, 0.15) is 0 Å². The van der Waals surface area contributed by atoms with E-state index in [1.54, 1.807) is 13.0 Å². The maximum absolute atomic E-state index is 12.7. The van der Waals surface area contributed by atoms with E-state index < -0.39 is 5.82 Å². The van der Waals surface area contributed by atoms with Gasteiger partial charge in [0.25, 0.3) is 6.26 Å². The number of ether oxygens (including phenoxy) is 1. The SMILES string of the molecule is CC.Cc1ccc(F)c(OC#N)c1. The summed E-state index contributed by atoms with van der Waals surface area (Å²) >= 11 is 0. The average molecular weight is 181 g/mol. The number of nitrogens with zero attached hydrogens (tertiary/aromatic N) is 1. The molecule has 0 aliphatic carbocycles. The Hall–Kier alpha value is -1.56. The number of aryl methyl sites for hydroxylation is 1. The summed E-state index contributed by atoms with van der Waals surface area (Å²) in [5.74, 6) is -0.537. The molecule has 13 heavy (non-hydrogen) atoms. The molecule has 1 rings (SSSR count). The van der Waals surface area contributed by atoms with Crippen LogP contribution in [0.1, 0.15) is 19.4 Å². The quantitative estimate of drug-likeness (QED) is 0.624. The van der Waals surface area contributed by atoms with Crippen LogP contribution in [0.4, 0.5) is 4.39 Å². The van der Waals surface area contributed by atoms with Gasteiger partial charge in [-0.2, -0.15) is 0 Å². The number of benzene rings is 1. The lowest BCUT2D eigenvalue weighted by molar-refractivity contribution is 0.460. The smallest absolute Gasteiger partial charge is 0.292 e. The summed E-state index contributed by atoms with van der Waals surface area (Å²) < 4.78 is 17.0. The van der Waals surface area contributed by atoms with E-state index in [0.717, 1.165) is 5.56 Å². The standard InChI is InChI=1S/C8H6FNO.C2H6/c1-6-2-3-7(9)8(4-6)11-5-10;1-2/h2-4H,1H3;1-2H3. The van der Waals surface area contributed by atoms with Gasteiger partial charge < -0.3 is 4.74 Å². The lowest BCUT2D eigenvalue weighted by Gasteiger charge is -1.98. The Labute approximate surface area is 77.6 Å². The van der Waals surface area contributed by atoms with Gasteiger partial charge >= 0.3 is 0 Å². The van der Waals surface area contributed by atoms with E-state index in [-0.39, 0.29) is 5.75 Å². The molecule has 0 amide bonds. The molecule has 0 fully saturated rings. The van der Waals surface area contributed by atoms with Gasteiger partial charge in [0.15, 0.2) is 11.6 Å². The Kier molecular flexibility index (Phi) is 5.29. The van der Waals surface area contributed by atoms with Crippen molar-refractivity contribution in [1.29, 1.82) is 5.26 Å². The first kappa shape index (κ1) is 11.4. The van der Waals surface area contributed by atoms with Crippen LogP contribution in [0.3, 0.4) is 0 Å². The van der Waals surface area contributed by atoms with E-state index >= 15 is 0 Å². The zero-order valence-electron chi connectivity index (χ0n) is 7.97. The predicted octanol–water partition coefficient (Wildman–Crippen LogP) is 3.02. The van der Waals surface area contributed by atoms with Crippen LogP contribution in [-0.2, 0) is 0 Å². The summed E-state index contributed by atoms with van der Waals surface area (Å²) in [6.07, 6.45) is 1.41. The summed E-state index contributed by atoms with van der Waals surface area (Å²) in [6.45, 7) is 5.80. The van der Waals surface area contributed by atoms with Crippen LogP contribution in [0.5, 0.6) is 5.75 Å². The Morgan fingerprint density at radius 3 is 2.54 bits per heavy atom. The molecule has 0 radical (unpaired) electrons. The summed E-state index contributed by atoms with van der Waals surface area (Å²) in [7, 11) is 0. The van der Waals surface area contributed by atoms with Crippen LogP contribution in [0.2, 0.25) is 0 Å². The van der Waals surface area contributed by atoms with Gasteiger partial charge in [-0.15, -0.1) is 5.26 Å². The lowest BCUT2D eigenvalue weighted by atomic mass is 10.2. The minimum atomic E-state index is -0.517. The Morgan fingerprint density at radius 1 is 1.38 bits per heavy atom. The third kappa shape index (κ3) is 3.57. The highest BCUT2D eigenvalue weighted by Crippen LogP contribution is 2.17. The summed E-state index contributed by atoms with van der Waals surface area (Å²) in [6, 6.07) is 4.35. The van der Waals surface area contributed by atoms with Crippen LogP contribution in [0.15, 0.2) is 18.2 Å². The molecular formula is C10H12FNO. The minimum Gasteiger partial charge on any atom is -0.385 e. The molecule has 0 unspecified atom stereocenters. The molecule has 1 aromatic carbocycles. The number of rotatable bonds is 1. The molecule has 2 nitrogen and oxygen atoms in total. The summed E-state index contributed by atoms with van der Waals surface area (Å²) in [4.78, 5) is 0. The fraction of sp³-hybridized carbons (Fsp3) is 0.300. The van der Waals surface area contributed by atoms with Crippen molar-refractivity contribution >= 4 is 0 Å². The van der Waals surface area contributed by atoms with E-state index in [2.05, 4.69) is 4.74 Å². The van der Waals surface area contributed by atoms with Gasteiger partial charge in [-0.05, 0) is 24.6 Å². The number of halogens is 1. The second-order valence-electron chi connectivity index (χ2n) is 2.13. The molecule has 0 aromatic heterocycles. The van der Waals surface area contributed by atoms with Crippen molar-refractivity contribution in [2.75, 3.05) is 0 Å². The Morgan fingerprint density at radius 2 is 2.00 bits per heavy atom. The third-order valence-electron chi connectivity index (χ3n) is 1.24. The molecule has 0 atom stereocenters. The third-order valence-corrected chi connectivity index (χ3v) is 1.24. The van der Waals surface area contributed by atoms with Gasteiger partial charge in [-0.3, -0.25) is 0 Å². The zero-order chi connectivity index (χ0) is 10.3. The van der Waals surface area contributed by atoms with Crippen molar-refractivity contribution < 1.29 is 9.13 Å². The highest BCUT2D eigenvalue weighted by Gasteiger charge is 2.01. The van der Waals surface area contributed by atoms with Crippen LogP contribution < -0.4 is 4.74 Å². The molecule has 70 valence electrons. The van der Waals surface area contributed by atoms with Crippen molar-refractivity contribution in [1.82, 2.24) is 0 Å². The van der Waals surface area contributed by atoms with Crippen molar-refractivity contribution in [3.63, 3.8) is 0 Å². The number of hydrogen-bond donors (Lipinski definition) is 0. The molecule has 0 spiro atoms. The van der Waals surface area contributed by atoms with Crippen molar-refractivity contribution in [3.8, 4) is 12.0 Å². The maximum Gasteiger partial charge on any atom is 0.292 e. The van der Waals surface area contributed by atoms with Gasteiger partial charge in [-0.25, -0.2) is 4.39 Å². The monoisotopic (exact) mass is 181 g/mol. The molecule has 0 aliphatic heterocycles. The molecule has 0 saturated carbocycles. The van der Waals surface area contributed by atoms with Crippen molar-refractivity contribution in [2.45, 2.75) is 20.8 Å². The highest BCUT2D eigenvalue weighted by atomic mass is 19.1. The normalized spacial score (nSPS) is 7.92. The topological polar surface area (TPSA) is 33.0 Å². The lowest BCUT2D eigenvalue weighted by Crippen LogP contribution is -1.87. The molecule has 1 aromatic rings. The van der Waals surface area contributed by atoms with Crippen molar-refractivity contribution in [3.05, 3.63) is 29.6 Å². The molecule has 3 heteroatoms. The molecule has 0 N–H and O–H groups in total. The Balaban J connectivity index is 0.000000671. The molecule has 0 aliphatic rings. The largest absolute Gasteiger partial charge is 0.385 e. The second kappa shape index (κ2) is 6.01. The van der Waals surface area contributed by atoms with E-state index in [9.17, 15) is 4.39 Å². The molecule has 0 saturated heterocycles. The number of nitriles is 1. The first-order chi connectivity index (χ1) is 6.24. The highest BCUT2D eigenvalue weighted by molar-refractivity contribution is 5.30. The first-order valence-corrected chi connectivity index (χ1v) is 4.06. The van der Waals surface area contributed by atoms with E-state index in [0.29, 0.717) is 0 Å². The minimum absolute atomic E-state index is 0.0208. The first-order valence-electron chi connectivity index (χ1n) is 4.06. The molecule has 0 bridgehead atoms. The van der Waals surface area contributed by atoms with Gasteiger partial charge in [0.2, 0.25) is 0 Å². The van der Waals surface area contributed by atoms with E-state index in [1.165, 1.54) is 18.4 Å². The van der Waals surface area contributed by atoms with Crippen molar-refractivity contribution in [2.24, 2.45) is 0 Å². The Bertz CT molecular complexity index is 304. The number of hydrogen-bond acceptors (Lipinski definition) is 2. The summed E-state index contributed by atoms with van der Waals surface area (Å²) in [5.41, 5.74) is 0.858. The fourth-order valence-electron chi connectivity index (χ4n) is 0.738. The summed E-state index contributed by atoms with van der Waals surface area (Å²) in [5, 5.41) is 8.10. The zero-order valence-corrected chi connectivity index (χ0v) is 7.97. The van der Waals surface area contributed by atoms with E-state index in [1.807, 2.05) is 13.8 Å². The van der Waals surface area contributed by atoms with Crippen LogP contribution in [0, 0.1) is 24.3 Å². The second-order valence-corrected chi connectivity index (χ2v) is 2.13. The maximum atomic E-state index is 12.7. The van der Waals surface area contributed by atoms with Crippen LogP contribution >= 0.6 is 0 Å². The molecular weight excluding hydrogens is 169 g/mol. The van der Waals surface area contributed by atoms with Crippen LogP contribution in [0.25, 0.3) is 0 Å². The van der Waals surface area contributed by atoms with Gasteiger partial charge in [-0.1, -0.05) is 19.9 Å². The fourth-order valence-corrected chi connectivity index (χ4v) is 0.738.